The van der Waals surface area contributed by atoms with Crippen molar-refractivity contribution in [2.45, 2.75) is 6.54 Å². The minimum atomic E-state index is -0.303. The number of aromatic amines is 1. The fraction of sp³-hybridized carbons (Fsp3) is 0.333. The van der Waals surface area contributed by atoms with Crippen LogP contribution < -0.4 is 16.0 Å². The van der Waals surface area contributed by atoms with E-state index in [-0.39, 0.29) is 17.9 Å². The van der Waals surface area contributed by atoms with Gasteiger partial charge in [0.1, 0.15) is 5.82 Å². The van der Waals surface area contributed by atoms with Gasteiger partial charge in [-0.15, -0.1) is 0 Å². The fourth-order valence-electron chi connectivity index (χ4n) is 0.669. The topological polar surface area (TPSA) is 81.0 Å². The summed E-state index contributed by atoms with van der Waals surface area (Å²) in [5, 5.41) is 0. The average Bonchev–Trinajstić information content (AvgIpc) is 2.04. The van der Waals surface area contributed by atoms with Gasteiger partial charge in [0.25, 0.3) is 5.56 Å². The van der Waals surface area contributed by atoms with E-state index < -0.39 is 0 Å². The Balaban J connectivity index is 3.10. The number of H-pyrrole nitrogens is 1. The number of nitrogens with zero attached hydrogens (tertiary/aromatic N) is 1. The standard InChI is InChI=1S/C6H9N3O2/c1-11-4-3-8-5(2-7)9-6(4)10/h3H,2,7H2,1H3,(H,8,9,10). The maximum Gasteiger partial charge on any atom is 0.293 e. The van der Waals surface area contributed by atoms with Crippen LogP contribution in [0.2, 0.25) is 0 Å². The monoisotopic (exact) mass is 155 g/mol. The summed E-state index contributed by atoms with van der Waals surface area (Å²) in [7, 11) is 1.41. The third kappa shape index (κ3) is 1.56. The van der Waals surface area contributed by atoms with Gasteiger partial charge in [-0.25, -0.2) is 4.98 Å². The summed E-state index contributed by atoms with van der Waals surface area (Å²) in [6, 6.07) is 0. The first-order chi connectivity index (χ1) is 5.27. The molecule has 1 rings (SSSR count). The molecule has 1 aromatic heterocycles. The zero-order chi connectivity index (χ0) is 8.27. The molecule has 0 amide bonds. The molecule has 0 radical (unpaired) electrons. The van der Waals surface area contributed by atoms with Gasteiger partial charge in [-0.05, 0) is 0 Å². The predicted molar refractivity (Wildman–Crippen MR) is 39.3 cm³/mol. The molecule has 0 aliphatic heterocycles. The lowest BCUT2D eigenvalue weighted by atomic mass is 10.5. The number of methoxy groups -OCH3 is 1. The van der Waals surface area contributed by atoms with Crippen molar-refractivity contribution in [2.75, 3.05) is 7.11 Å². The molecule has 0 atom stereocenters. The molecular formula is C6H9N3O2. The molecule has 0 spiro atoms. The molecule has 0 aliphatic rings. The van der Waals surface area contributed by atoms with Crippen LogP contribution in [0.5, 0.6) is 5.75 Å². The van der Waals surface area contributed by atoms with Crippen molar-refractivity contribution in [1.29, 1.82) is 0 Å². The molecule has 1 heterocycles. The van der Waals surface area contributed by atoms with E-state index in [1.165, 1.54) is 13.3 Å². The molecule has 60 valence electrons. The summed E-state index contributed by atoms with van der Waals surface area (Å²) in [6.07, 6.45) is 1.35. The van der Waals surface area contributed by atoms with E-state index in [4.69, 9.17) is 10.5 Å². The maximum atomic E-state index is 11.0. The zero-order valence-corrected chi connectivity index (χ0v) is 6.13. The molecule has 0 aromatic carbocycles. The highest BCUT2D eigenvalue weighted by atomic mass is 16.5. The van der Waals surface area contributed by atoms with E-state index in [1.807, 2.05) is 0 Å². The van der Waals surface area contributed by atoms with Crippen LogP contribution in [0.15, 0.2) is 11.0 Å². The van der Waals surface area contributed by atoms with Gasteiger partial charge in [0.05, 0.1) is 19.9 Å². The molecule has 0 fully saturated rings. The number of nitrogens with one attached hydrogen (secondary N) is 1. The minimum absolute atomic E-state index is 0.196. The Kier molecular flexibility index (Phi) is 2.22. The Bertz CT molecular complexity index is 294. The highest BCUT2D eigenvalue weighted by Crippen LogP contribution is 1.96. The minimum Gasteiger partial charge on any atom is -0.490 e. The van der Waals surface area contributed by atoms with Crippen LogP contribution in [0, 0.1) is 0 Å². The number of aromatic nitrogens is 2. The SMILES string of the molecule is COc1cnc(CN)[nH]c1=O. The summed E-state index contributed by atoms with van der Waals surface area (Å²) < 4.78 is 4.70. The molecule has 0 saturated heterocycles. The first-order valence-electron chi connectivity index (χ1n) is 3.10. The van der Waals surface area contributed by atoms with Gasteiger partial charge in [0.15, 0.2) is 0 Å². The van der Waals surface area contributed by atoms with Crippen molar-refractivity contribution in [3.63, 3.8) is 0 Å². The van der Waals surface area contributed by atoms with Crippen LogP contribution >= 0.6 is 0 Å². The van der Waals surface area contributed by atoms with Crippen molar-refractivity contribution in [1.82, 2.24) is 9.97 Å². The van der Waals surface area contributed by atoms with E-state index in [2.05, 4.69) is 9.97 Å². The Labute approximate surface area is 63.2 Å². The van der Waals surface area contributed by atoms with E-state index in [0.717, 1.165) is 0 Å². The molecule has 5 nitrogen and oxygen atoms in total. The molecule has 11 heavy (non-hydrogen) atoms. The summed E-state index contributed by atoms with van der Waals surface area (Å²) in [6.45, 7) is 0.221. The molecule has 5 heteroatoms. The van der Waals surface area contributed by atoms with Gasteiger partial charge >= 0.3 is 0 Å². The van der Waals surface area contributed by atoms with Gasteiger partial charge in [-0.1, -0.05) is 0 Å². The second-order valence-electron chi connectivity index (χ2n) is 1.93. The molecule has 1 aromatic rings. The largest absolute Gasteiger partial charge is 0.490 e. The summed E-state index contributed by atoms with van der Waals surface area (Å²) in [5.41, 5.74) is 4.93. The van der Waals surface area contributed by atoms with Crippen LogP contribution in [0.1, 0.15) is 5.82 Å². The molecule has 0 unspecified atom stereocenters. The number of hydrogen-bond donors (Lipinski definition) is 2. The van der Waals surface area contributed by atoms with Crippen molar-refractivity contribution < 1.29 is 4.74 Å². The van der Waals surface area contributed by atoms with Gasteiger partial charge in [0, 0.05) is 0 Å². The molecule has 0 saturated carbocycles. The summed E-state index contributed by atoms with van der Waals surface area (Å²) in [4.78, 5) is 17.2. The average molecular weight is 155 g/mol. The highest BCUT2D eigenvalue weighted by molar-refractivity contribution is 5.12. The number of hydrogen-bond acceptors (Lipinski definition) is 4. The fourth-order valence-corrected chi connectivity index (χ4v) is 0.669. The van der Waals surface area contributed by atoms with Gasteiger partial charge < -0.3 is 15.5 Å². The smallest absolute Gasteiger partial charge is 0.293 e. The van der Waals surface area contributed by atoms with Crippen molar-refractivity contribution in [3.05, 3.63) is 22.4 Å². The number of rotatable bonds is 2. The molecule has 0 aliphatic carbocycles. The highest BCUT2D eigenvalue weighted by Gasteiger charge is 1.98. The molecular weight excluding hydrogens is 146 g/mol. The second kappa shape index (κ2) is 3.16. The van der Waals surface area contributed by atoms with Crippen LogP contribution in [-0.2, 0) is 6.54 Å². The predicted octanol–water partition coefficient (Wildman–Crippen LogP) is -0.763. The summed E-state index contributed by atoms with van der Waals surface area (Å²) in [5.74, 6) is 0.651. The first kappa shape index (κ1) is 7.74. The van der Waals surface area contributed by atoms with Crippen molar-refractivity contribution >= 4 is 0 Å². The Morgan fingerprint density at radius 3 is 3.00 bits per heavy atom. The third-order valence-corrected chi connectivity index (χ3v) is 1.23. The van der Waals surface area contributed by atoms with Crippen LogP contribution in [0.25, 0.3) is 0 Å². The van der Waals surface area contributed by atoms with E-state index in [9.17, 15) is 4.79 Å². The third-order valence-electron chi connectivity index (χ3n) is 1.23. The quantitative estimate of drug-likeness (QED) is 0.588. The number of ether oxygens (including phenoxy) is 1. The molecule has 3 N–H and O–H groups in total. The Morgan fingerprint density at radius 1 is 1.82 bits per heavy atom. The lowest BCUT2D eigenvalue weighted by Gasteiger charge is -1.98. The lowest BCUT2D eigenvalue weighted by Crippen LogP contribution is -2.15. The van der Waals surface area contributed by atoms with Crippen LogP contribution in [0.3, 0.4) is 0 Å². The Morgan fingerprint density at radius 2 is 2.55 bits per heavy atom. The van der Waals surface area contributed by atoms with Gasteiger partial charge in [-0.3, -0.25) is 4.79 Å². The van der Waals surface area contributed by atoms with Crippen molar-refractivity contribution in [3.8, 4) is 5.75 Å². The normalized spacial score (nSPS) is 9.64. The van der Waals surface area contributed by atoms with E-state index in [1.54, 1.807) is 0 Å². The maximum absolute atomic E-state index is 11.0. The van der Waals surface area contributed by atoms with E-state index in [0.29, 0.717) is 5.82 Å². The van der Waals surface area contributed by atoms with Crippen LogP contribution in [-0.4, -0.2) is 17.1 Å². The second-order valence-corrected chi connectivity index (χ2v) is 1.93. The van der Waals surface area contributed by atoms with Gasteiger partial charge in [-0.2, -0.15) is 0 Å². The zero-order valence-electron chi connectivity index (χ0n) is 6.13. The first-order valence-corrected chi connectivity index (χ1v) is 3.10. The van der Waals surface area contributed by atoms with E-state index >= 15 is 0 Å². The Hall–Kier alpha value is -1.36. The van der Waals surface area contributed by atoms with Crippen molar-refractivity contribution in [2.24, 2.45) is 5.73 Å². The lowest BCUT2D eigenvalue weighted by molar-refractivity contribution is 0.405. The van der Waals surface area contributed by atoms with Gasteiger partial charge in [0.2, 0.25) is 5.75 Å². The summed E-state index contributed by atoms with van der Waals surface area (Å²) >= 11 is 0. The van der Waals surface area contributed by atoms with Crippen LogP contribution in [0.4, 0.5) is 0 Å². The number of nitrogens with two attached hydrogens (primary N) is 1. The molecule has 0 bridgehead atoms.